The Kier molecular flexibility index (Phi) is 6.37. The number of carbonyl (C=O) groups excluding carboxylic acids is 1. The number of piperazine rings is 1. The highest BCUT2D eigenvalue weighted by Crippen LogP contribution is 2.42. The van der Waals surface area contributed by atoms with Crippen LogP contribution in [0.25, 0.3) is 10.6 Å². The summed E-state index contributed by atoms with van der Waals surface area (Å²) in [5.74, 6) is 0. The van der Waals surface area contributed by atoms with E-state index in [1.165, 1.54) is 0 Å². The van der Waals surface area contributed by atoms with Gasteiger partial charge in [-0.2, -0.15) is 0 Å². The number of nitrogens with zero attached hydrogens (tertiary/aromatic N) is 3. The molecule has 1 aromatic carbocycles. The number of benzene rings is 1. The second-order valence-corrected chi connectivity index (χ2v) is 10.5. The van der Waals surface area contributed by atoms with Crippen LogP contribution in [0.2, 0.25) is 10.0 Å². The summed E-state index contributed by atoms with van der Waals surface area (Å²) in [5.41, 5.74) is 3.54. The molecule has 1 saturated heterocycles. The monoisotopic (exact) mass is 523 g/mol. The second kappa shape index (κ2) is 8.74. The molecule has 1 aliphatic carbocycles. The van der Waals surface area contributed by atoms with Crippen LogP contribution in [0.1, 0.15) is 49.2 Å². The van der Waals surface area contributed by atoms with Crippen molar-refractivity contribution in [3.05, 3.63) is 62.9 Å². The first-order valence-electron chi connectivity index (χ1n) is 10.2. The van der Waals surface area contributed by atoms with Crippen LogP contribution in [0.15, 0.2) is 30.5 Å². The van der Waals surface area contributed by atoms with Crippen LogP contribution >= 0.6 is 39.1 Å². The van der Waals surface area contributed by atoms with E-state index in [4.69, 9.17) is 32.9 Å². The highest BCUT2D eigenvalue weighted by molar-refractivity contribution is 9.15. The average Bonchev–Trinajstić information content (AvgIpc) is 2.80. The van der Waals surface area contributed by atoms with Crippen LogP contribution in [0.5, 0.6) is 0 Å². The third-order valence-electron chi connectivity index (χ3n) is 5.36. The fourth-order valence-corrected chi connectivity index (χ4v) is 4.93. The van der Waals surface area contributed by atoms with Crippen molar-refractivity contribution in [3.63, 3.8) is 0 Å². The molecule has 4 rings (SSSR count). The molecule has 2 aliphatic rings. The van der Waals surface area contributed by atoms with E-state index in [1.54, 1.807) is 11.1 Å². The van der Waals surface area contributed by atoms with Crippen molar-refractivity contribution in [3.8, 4) is 0 Å². The van der Waals surface area contributed by atoms with Crippen LogP contribution in [0.3, 0.4) is 0 Å². The number of fused-ring (bicyclic) bond motifs is 2. The Morgan fingerprint density at radius 2 is 1.84 bits per heavy atom. The first-order valence-corrected chi connectivity index (χ1v) is 11.7. The summed E-state index contributed by atoms with van der Waals surface area (Å²) in [6, 6.07) is 7.79. The molecule has 2 heterocycles. The molecule has 0 spiro atoms. The Morgan fingerprint density at radius 1 is 1.13 bits per heavy atom. The van der Waals surface area contributed by atoms with Crippen LogP contribution in [0.4, 0.5) is 4.79 Å². The smallest absolute Gasteiger partial charge is 0.410 e. The van der Waals surface area contributed by atoms with Crippen LogP contribution < -0.4 is 0 Å². The molecule has 8 heteroatoms. The molecule has 0 N–H and O–H groups in total. The molecular weight excluding hydrogens is 501 g/mol. The number of pyridine rings is 1. The molecule has 1 unspecified atom stereocenters. The number of hydrogen-bond acceptors (Lipinski definition) is 4. The number of hydrogen-bond donors (Lipinski definition) is 0. The Hall–Kier alpha value is -1.60. The minimum atomic E-state index is -0.506. The predicted octanol–water partition coefficient (Wildman–Crippen LogP) is 6.24. The van der Waals surface area contributed by atoms with Gasteiger partial charge in [-0.1, -0.05) is 45.2 Å². The summed E-state index contributed by atoms with van der Waals surface area (Å²) < 4.78 is 6.48. The Morgan fingerprint density at radius 3 is 2.52 bits per heavy atom. The van der Waals surface area contributed by atoms with E-state index >= 15 is 0 Å². The van der Waals surface area contributed by atoms with Gasteiger partial charge < -0.3 is 9.64 Å². The molecule has 2 aromatic rings. The van der Waals surface area contributed by atoms with Crippen LogP contribution in [0, 0.1) is 0 Å². The van der Waals surface area contributed by atoms with Gasteiger partial charge in [0.15, 0.2) is 0 Å². The Balaban J connectivity index is 1.67. The lowest BCUT2D eigenvalue weighted by atomic mass is 9.96. The van der Waals surface area contributed by atoms with Crippen molar-refractivity contribution < 1.29 is 9.53 Å². The van der Waals surface area contributed by atoms with Crippen LogP contribution in [-0.4, -0.2) is 52.7 Å². The van der Waals surface area contributed by atoms with Crippen molar-refractivity contribution in [2.24, 2.45) is 0 Å². The number of ether oxygens (including phenoxy) is 1. The summed E-state index contributed by atoms with van der Waals surface area (Å²) in [6.45, 7) is 8.23. The van der Waals surface area contributed by atoms with Crippen molar-refractivity contribution in [2.75, 3.05) is 26.2 Å². The fraction of sp³-hybridized carbons (Fsp3) is 0.391. The summed E-state index contributed by atoms with van der Waals surface area (Å²) in [5, 5.41) is 1.27. The number of amides is 1. The topological polar surface area (TPSA) is 45.7 Å². The van der Waals surface area contributed by atoms with E-state index in [0.29, 0.717) is 36.2 Å². The normalized spacial score (nSPS) is 19.2. The van der Waals surface area contributed by atoms with Gasteiger partial charge in [0.1, 0.15) is 5.60 Å². The van der Waals surface area contributed by atoms with E-state index in [9.17, 15) is 4.79 Å². The third kappa shape index (κ3) is 4.92. The van der Waals surface area contributed by atoms with Crippen molar-refractivity contribution in [1.29, 1.82) is 0 Å². The molecular formula is C23H24BrCl2N3O2. The number of carbonyl (C=O) groups is 1. The zero-order valence-electron chi connectivity index (χ0n) is 17.7. The maximum atomic E-state index is 12.5. The number of halogens is 3. The molecule has 31 heavy (non-hydrogen) atoms. The molecule has 1 amide bonds. The van der Waals surface area contributed by atoms with Gasteiger partial charge in [0.2, 0.25) is 0 Å². The number of rotatable bonds is 1. The Labute approximate surface area is 201 Å². The highest BCUT2D eigenvalue weighted by atomic mass is 79.9. The molecule has 1 atom stereocenters. The van der Waals surface area contributed by atoms with Gasteiger partial charge in [-0.3, -0.25) is 9.88 Å². The maximum absolute atomic E-state index is 12.5. The zero-order chi connectivity index (χ0) is 22.3. The van der Waals surface area contributed by atoms with Gasteiger partial charge in [-0.15, -0.1) is 0 Å². The zero-order valence-corrected chi connectivity index (χ0v) is 20.8. The minimum absolute atomic E-state index is 0.0772. The van der Waals surface area contributed by atoms with Crippen molar-refractivity contribution >= 4 is 55.8 Å². The predicted molar refractivity (Wildman–Crippen MR) is 129 cm³/mol. The average molecular weight is 525 g/mol. The first kappa shape index (κ1) is 22.6. The van der Waals surface area contributed by atoms with Gasteiger partial charge >= 0.3 is 6.09 Å². The number of aromatic nitrogens is 1. The third-order valence-corrected chi connectivity index (χ3v) is 6.45. The Bertz CT molecular complexity index is 1040. The maximum Gasteiger partial charge on any atom is 0.410 e. The molecule has 1 aromatic heterocycles. The van der Waals surface area contributed by atoms with E-state index in [-0.39, 0.29) is 12.1 Å². The molecule has 0 radical (unpaired) electrons. The second-order valence-electron chi connectivity index (χ2n) is 8.76. The quantitative estimate of drug-likeness (QED) is 0.443. The SMILES string of the molecule is CC(C)(C)OC(=O)N1CCN(C2c3ccc(Cl)cc3C(Br)=Cc3cc(Cl)cnc32)CC1. The van der Waals surface area contributed by atoms with Crippen LogP contribution in [-0.2, 0) is 4.74 Å². The summed E-state index contributed by atoms with van der Waals surface area (Å²) >= 11 is 16.3. The van der Waals surface area contributed by atoms with Crippen molar-refractivity contribution in [2.45, 2.75) is 32.4 Å². The lowest BCUT2D eigenvalue weighted by Gasteiger charge is -2.40. The lowest BCUT2D eigenvalue weighted by molar-refractivity contribution is 0.0118. The van der Waals surface area contributed by atoms with Gasteiger partial charge in [0.05, 0.1) is 16.8 Å². The minimum Gasteiger partial charge on any atom is -0.444 e. The molecule has 0 bridgehead atoms. The van der Waals surface area contributed by atoms with E-state index < -0.39 is 5.60 Å². The summed E-state index contributed by atoms with van der Waals surface area (Å²) in [4.78, 5) is 21.3. The van der Waals surface area contributed by atoms with Gasteiger partial charge in [-0.05, 0) is 56.2 Å². The molecule has 1 fully saturated rings. The van der Waals surface area contributed by atoms with Crippen molar-refractivity contribution in [1.82, 2.24) is 14.8 Å². The molecule has 0 saturated carbocycles. The fourth-order valence-electron chi connectivity index (χ4n) is 4.00. The summed E-state index contributed by atoms with van der Waals surface area (Å²) in [6.07, 6.45) is 3.46. The van der Waals surface area contributed by atoms with Gasteiger partial charge in [0, 0.05) is 47.4 Å². The molecule has 5 nitrogen and oxygen atoms in total. The first-order chi connectivity index (χ1) is 14.6. The lowest BCUT2D eigenvalue weighted by Crippen LogP contribution is -2.51. The summed E-state index contributed by atoms with van der Waals surface area (Å²) in [7, 11) is 0. The van der Waals surface area contributed by atoms with E-state index in [1.807, 2.05) is 45.0 Å². The van der Waals surface area contributed by atoms with E-state index in [2.05, 4.69) is 26.9 Å². The molecule has 1 aliphatic heterocycles. The highest BCUT2D eigenvalue weighted by Gasteiger charge is 2.34. The van der Waals surface area contributed by atoms with Gasteiger partial charge in [0.25, 0.3) is 0 Å². The molecule has 164 valence electrons. The largest absolute Gasteiger partial charge is 0.444 e. The van der Waals surface area contributed by atoms with E-state index in [0.717, 1.165) is 26.9 Å². The standard InChI is InChI=1S/C23H24BrCl2N3O2/c1-23(2,3)31-22(30)29-8-6-28(7-9-29)21-17-5-4-15(25)12-18(17)19(24)11-14-10-16(26)13-27-20(14)21/h4-5,10-13,21H,6-9H2,1-3H3. The van der Waals surface area contributed by atoms with Gasteiger partial charge in [-0.25, -0.2) is 4.79 Å².